The number of carbonyl (C=O) groups excluding carboxylic acids is 1. The van der Waals surface area contributed by atoms with Crippen LogP contribution in [-0.4, -0.2) is 11.2 Å². The van der Waals surface area contributed by atoms with E-state index in [9.17, 15) is 14.9 Å². The Labute approximate surface area is 109 Å². The number of benzene rings is 2. The van der Waals surface area contributed by atoms with Gasteiger partial charge in [-0.1, -0.05) is 12.1 Å². The molecule has 0 spiro atoms. The van der Waals surface area contributed by atoms with E-state index in [-0.39, 0.29) is 5.69 Å². The minimum atomic E-state index is -0.454. The normalized spacial score (nSPS) is 9.95. The molecule has 0 saturated heterocycles. The number of aldehydes is 1. The third-order valence-electron chi connectivity index (χ3n) is 2.61. The summed E-state index contributed by atoms with van der Waals surface area (Å²) in [4.78, 5) is 21.0. The lowest BCUT2D eigenvalue weighted by Crippen LogP contribution is -1.93. The molecule has 0 saturated carbocycles. The van der Waals surface area contributed by atoms with Crippen molar-refractivity contribution in [3.8, 4) is 11.5 Å². The van der Waals surface area contributed by atoms with E-state index in [2.05, 4.69) is 0 Å². The number of nitro benzene ring substituents is 1. The van der Waals surface area contributed by atoms with Gasteiger partial charge in [-0.05, 0) is 31.2 Å². The van der Waals surface area contributed by atoms with Crippen molar-refractivity contribution in [3.63, 3.8) is 0 Å². The molecule has 0 aliphatic carbocycles. The Morgan fingerprint density at radius 2 is 1.89 bits per heavy atom. The highest BCUT2D eigenvalue weighted by molar-refractivity contribution is 5.75. The van der Waals surface area contributed by atoms with E-state index < -0.39 is 4.92 Å². The van der Waals surface area contributed by atoms with Crippen LogP contribution in [0.1, 0.15) is 15.9 Å². The Morgan fingerprint density at radius 1 is 1.16 bits per heavy atom. The smallest absolute Gasteiger partial charge is 0.276 e. The first-order valence-corrected chi connectivity index (χ1v) is 5.58. The molecule has 2 aromatic rings. The maximum absolute atomic E-state index is 10.8. The quantitative estimate of drug-likeness (QED) is 0.477. The average Bonchev–Trinajstić information content (AvgIpc) is 2.41. The lowest BCUT2D eigenvalue weighted by molar-refractivity contribution is -0.385. The molecular formula is C14H11NO4. The van der Waals surface area contributed by atoms with Gasteiger partial charge in [-0.15, -0.1) is 0 Å². The fourth-order valence-electron chi connectivity index (χ4n) is 1.64. The molecule has 0 amide bonds. The highest BCUT2D eigenvalue weighted by Crippen LogP contribution is 2.28. The first-order chi connectivity index (χ1) is 9.10. The fraction of sp³-hybridized carbons (Fsp3) is 0.0714. The van der Waals surface area contributed by atoms with Gasteiger partial charge in [0.15, 0.2) is 0 Å². The van der Waals surface area contributed by atoms with Gasteiger partial charge in [0.25, 0.3) is 5.69 Å². The molecule has 0 radical (unpaired) electrons. The average molecular weight is 257 g/mol. The minimum absolute atomic E-state index is 0.00374. The molecular weight excluding hydrogens is 246 g/mol. The largest absolute Gasteiger partial charge is 0.457 e. The molecule has 0 fully saturated rings. The van der Waals surface area contributed by atoms with Gasteiger partial charge in [0.05, 0.1) is 11.0 Å². The third kappa shape index (κ3) is 2.95. The van der Waals surface area contributed by atoms with Gasteiger partial charge in [0, 0.05) is 11.1 Å². The van der Waals surface area contributed by atoms with E-state index in [1.54, 1.807) is 43.3 Å². The lowest BCUT2D eigenvalue weighted by Gasteiger charge is -2.06. The van der Waals surface area contributed by atoms with Crippen molar-refractivity contribution < 1.29 is 14.5 Å². The zero-order valence-corrected chi connectivity index (χ0v) is 10.2. The van der Waals surface area contributed by atoms with Crippen molar-refractivity contribution in [2.24, 2.45) is 0 Å². The molecule has 5 nitrogen and oxygen atoms in total. The lowest BCUT2D eigenvalue weighted by atomic mass is 10.2. The van der Waals surface area contributed by atoms with Crippen LogP contribution in [0.4, 0.5) is 5.69 Å². The zero-order chi connectivity index (χ0) is 13.8. The summed E-state index contributed by atoms with van der Waals surface area (Å²) in [6, 6.07) is 11.2. The molecule has 2 rings (SSSR count). The molecule has 0 bridgehead atoms. The second kappa shape index (κ2) is 5.30. The van der Waals surface area contributed by atoms with Gasteiger partial charge in [0.2, 0.25) is 0 Å². The summed E-state index contributed by atoms with van der Waals surface area (Å²) in [5.74, 6) is 0.822. The Kier molecular flexibility index (Phi) is 3.56. The summed E-state index contributed by atoms with van der Waals surface area (Å²) in [6.07, 6.45) is 0.713. The molecule has 5 heteroatoms. The number of nitrogens with zero attached hydrogens (tertiary/aromatic N) is 1. The van der Waals surface area contributed by atoms with Crippen molar-refractivity contribution in [2.45, 2.75) is 6.92 Å². The number of hydrogen-bond donors (Lipinski definition) is 0. The van der Waals surface area contributed by atoms with E-state index in [0.29, 0.717) is 28.9 Å². The number of rotatable bonds is 4. The Morgan fingerprint density at radius 3 is 2.58 bits per heavy atom. The molecule has 96 valence electrons. The Hall–Kier alpha value is -2.69. The van der Waals surface area contributed by atoms with Crippen LogP contribution in [0, 0.1) is 17.0 Å². The molecule has 0 atom stereocenters. The minimum Gasteiger partial charge on any atom is -0.457 e. The second-order valence-corrected chi connectivity index (χ2v) is 4.00. The van der Waals surface area contributed by atoms with Gasteiger partial charge in [-0.25, -0.2) is 0 Å². The predicted octanol–water partition coefficient (Wildman–Crippen LogP) is 3.51. The zero-order valence-electron chi connectivity index (χ0n) is 10.2. The van der Waals surface area contributed by atoms with Gasteiger partial charge < -0.3 is 4.74 Å². The number of ether oxygens (including phenoxy) is 1. The molecule has 0 aromatic heterocycles. The van der Waals surface area contributed by atoms with Crippen LogP contribution in [0.15, 0.2) is 42.5 Å². The van der Waals surface area contributed by atoms with Crippen LogP contribution < -0.4 is 4.74 Å². The molecule has 0 unspecified atom stereocenters. The number of carbonyl (C=O) groups is 1. The molecule has 2 aromatic carbocycles. The summed E-state index contributed by atoms with van der Waals surface area (Å²) in [5.41, 5.74) is 1.06. The van der Waals surface area contributed by atoms with Gasteiger partial charge in [0.1, 0.15) is 17.8 Å². The standard InChI is InChI=1S/C14H11NO4/c1-10-5-6-13(8-14(10)15(17)18)19-12-4-2-3-11(7-12)9-16/h2-9H,1H3. The maximum Gasteiger partial charge on any atom is 0.276 e. The van der Waals surface area contributed by atoms with Crippen LogP contribution >= 0.6 is 0 Å². The van der Waals surface area contributed by atoms with E-state index in [1.807, 2.05) is 0 Å². The Balaban J connectivity index is 2.30. The van der Waals surface area contributed by atoms with Crippen molar-refractivity contribution in [2.75, 3.05) is 0 Å². The van der Waals surface area contributed by atoms with Gasteiger partial charge >= 0.3 is 0 Å². The number of hydrogen-bond acceptors (Lipinski definition) is 4. The third-order valence-corrected chi connectivity index (χ3v) is 2.61. The highest BCUT2D eigenvalue weighted by Gasteiger charge is 2.12. The Bertz CT molecular complexity index is 637. The summed E-state index contributed by atoms with van der Waals surface area (Å²) in [5, 5.41) is 10.8. The van der Waals surface area contributed by atoms with Crippen LogP contribution in [-0.2, 0) is 0 Å². The second-order valence-electron chi connectivity index (χ2n) is 4.00. The van der Waals surface area contributed by atoms with Crippen molar-refractivity contribution >= 4 is 12.0 Å². The fourth-order valence-corrected chi connectivity index (χ4v) is 1.64. The molecule has 0 aliphatic heterocycles. The first kappa shape index (κ1) is 12.8. The summed E-state index contributed by atoms with van der Waals surface area (Å²) in [7, 11) is 0. The topological polar surface area (TPSA) is 69.4 Å². The van der Waals surface area contributed by atoms with Gasteiger partial charge in [-0.2, -0.15) is 0 Å². The first-order valence-electron chi connectivity index (χ1n) is 5.58. The van der Waals surface area contributed by atoms with Crippen LogP contribution in [0.3, 0.4) is 0 Å². The van der Waals surface area contributed by atoms with Crippen molar-refractivity contribution in [1.82, 2.24) is 0 Å². The number of nitro groups is 1. The summed E-state index contributed by atoms with van der Waals surface area (Å²) in [6.45, 7) is 1.66. The summed E-state index contributed by atoms with van der Waals surface area (Å²) >= 11 is 0. The van der Waals surface area contributed by atoms with Gasteiger partial charge in [-0.3, -0.25) is 14.9 Å². The SMILES string of the molecule is Cc1ccc(Oc2cccc(C=O)c2)cc1[N+](=O)[O-]. The highest BCUT2D eigenvalue weighted by atomic mass is 16.6. The maximum atomic E-state index is 10.8. The summed E-state index contributed by atoms with van der Waals surface area (Å²) < 4.78 is 5.50. The molecule has 0 heterocycles. The molecule has 19 heavy (non-hydrogen) atoms. The number of aryl methyl sites for hydroxylation is 1. The van der Waals surface area contributed by atoms with E-state index >= 15 is 0 Å². The molecule has 0 N–H and O–H groups in total. The van der Waals surface area contributed by atoms with E-state index in [1.165, 1.54) is 6.07 Å². The van der Waals surface area contributed by atoms with E-state index in [4.69, 9.17) is 4.74 Å². The predicted molar refractivity (Wildman–Crippen MR) is 69.7 cm³/mol. The van der Waals surface area contributed by atoms with Crippen LogP contribution in [0.2, 0.25) is 0 Å². The van der Waals surface area contributed by atoms with Crippen molar-refractivity contribution in [1.29, 1.82) is 0 Å². The van der Waals surface area contributed by atoms with E-state index in [0.717, 1.165) is 0 Å². The monoisotopic (exact) mass is 257 g/mol. The molecule has 0 aliphatic rings. The van der Waals surface area contributed by atoms with Crippen LogP contribution in [0.5, 0.6) is 11.5 Å². The van der Waals surface area contributed by atoms with Crippen LogP contribution in [0.25, 0.3) is 0 Å². The van der Waals surface area contributed by atoms with Crippen molar-refractivity contribution in [3.05, 3.63) is 63.7 Å².